The molecule has 0 spiro atoms. The molecule has 0 radical (unpaired) electrons. The van der Waals surface area contributed by atoms with E-state index in [0.717, 1.165) is 5.56 Å². The minimum absolute atomic E-state index is 0.0248. The van der Waals surface area contributed by atoms with Gasteiger partial charge in [-0.05, 0) is 17.5 Å². The van der Waals surface area contributed by atoms with Gasteiger partial charge in [-0.15, -0.1) is 0 Å². The highest BCUT2D eigenvalue weighted by Gasteiger charge is 2.12. The van der Waals surface area contributed by atoms with E-state index in [9.17, 15) is 9.90 Å². The van der Waals surface area contributed by atoms with E-state index in [4.69, 9.17) is 0 Å². The Morgan fingerprint density at radius 3 is 2.74 bits per heavy atom. The van der Waals surface area contributed by atoms with Crippen LogP contribution in [0.15, 0.2) is 48.8 Å². The molecule has 98 valence electrons. The van der Waals surface area contributed by atoms with E-state index < -0.39 is 0 Å². The Labute approximate surface area is 112 Å². The Morgan fingerprint density at radius 1 is 1.32 bits per heavy atom. The first-order valence-electron chi connectivity index (χ1n) is 6.14. The molecule has 0 saturated carbocycles. The minimum Gasteiger partial charge on any atom is -0.504 e. The van der Waals surface area contributed by atoms with Crippen molar-refractivity contribution in [1.82, 2.24) is 4.98 Å². The van der Waals surface area contributed by atoms with Crippen LogP contribution < -0.4 is 5.32 Å². The molecule has 0 aliphatic rings. The van der Waals surface area contributed by atoms with Gasteiger partial charge in [0.15, 0.2) is 5.75 Å². The summed E-state index contributed by atoms with van der Waals surface area (Å²) in [6, 6.07) is 11.4. The summed E-state index contributed by atoms with van der Waals surface area (Å²) in [6.07, 6.45) is 3.19. The average Bonchev–Trinajstić information content (AvgIpc) is 2.42. The lowest BCUT2D eigenvalue weighted by molar-refractivity contribution is -0.116. The maximum atomic E-state index is 11.9. The average molecular weight is 256 g/mol. The van der Waals surface area contributed by atoms with Gasteiger partial charge >= 0.3 is 0 Å². The lowest BCUT2D eigenvalue weighted by Crippen LogP contribution is -2.14. The predicted octanol–water partition coefficient (Wildman–Crippen LogP) is 2.92. The molecule has 4 heteroatoms. The first kappa shape index (κ1) is 13.1. The maximum Gasteiger partial charge on any atom is 0.225 e. The van der Waals surface area contributed by atoms with Crippen LogP contribution in [0.5, 0.6) is 5.75 Å². The zero-order valence-electron chi connectivity index (χ0n) is 10.7. The largest absolute Gasteiger partial charge is 0.504 e. The molecule has 0 fully saturated rings. The Bertz CT molecular complexity index is 555. The van der Waals surface area contributed by atoms with Crippen molar-refractivity contribution >= 4 is 11.6 Å². The summed E-state index contributed by atoms with van der Waals surface area (Å²) in [6.45, 7) is 2.00. The first-order chi connectivity index (χ1) is 9.16. The lowest BCUT2D eigenvalue weighted by atomic mass is 9.97. The monoisotopic (exact) mass is 256 g/mol. The second-order valence-electron chi connectivity index (χ2n) is 4.46. The van der Waals surface area contributed by atoms with Gasteiger partial charge < -0.3 is 10.4 Å². The number of carbonyl (C=O) groups is 1. The number of rotatable bonds is 4. The highest BCUT2D eigenvalue weighted by molar-refractivity contribution is 5.92. The standard InChI is InChI=1S/C15H16N2O2/c1-11(12-5-3-2-4-6-12)9-15(19)17-13-7-8-16-10-14(13)18/h2-8,10-11,18H,9H2,1H3,(H,16,17,19)/t11-/m1/s1. The van der Waals surface area contributed by atoms with Crippen LogP contribution in [0.1, 0.15) is 24.8 Å². The molecular weight excluding hydrogens is 240 g/mol. The number of amides is 1. The number of aromatic nitrogens is 1. The molecule has 0 aliphatic heterocycles. The van der Waals surface area contributed by atoms with Gasteiger partial charge in [0.05, 0.1) is 11.9 Å². The van der Waals surface area contributed by atoms with Crippen molar-refractivity contribution in [2.24, 2.45) is 0 Å². The number of hydrogen-bond donors (Lipinski definition) is 2. The van der Waals surface area contributed by atoms with Gasteiger partial charge in [-0.1, -0.05) is 37.3 Å². The van der Waals surface area contributed by atoms with Crippen LogP contribution in [0.4, 0.5) is 5.69 Å². The normalized spacial score (nSPS) is 11.8. The second kappa shape index (κ2) is 6.00. The van der Waals surface area contributed by atoms with Gasteiger partial charge in [-0.25, -0.2) is 0 Å². The van der Waals surface area contributed by atoms with Crippen LogP contribution in [0.2, 0.25) is 0 Å². The number of benzene rings is 1. The topological polar surface area (TPSA) is 62.2 Å². The van der Waals surface area contributed by atoms with E-state index in [1.165, 1.54) is 12.4 Å². The van der Waals surface area contributed by atoms with E-state index >= 15 is 0 Å². The fourth-order valence-electron chi connectivity index (χ4n) is 1.87. The summed E-state index contributed by atoms with van der Waals surface area (Å²) in [4.78, 5) is 15.7. The molecule has 0 bridgehead atoms. The van der Waals surface area contributed by atoms with Crippen molar-refractivity contribution in [3.05, 3.63) is 54.4 Å². The number of hydrogen-bond acceptors (Lipinski definition) is 3. The van der Waals surface area contributed by atoms with Crippen LogP contribution >= 0.6 is 0 Å². The van der Waals surface area contributed by atoms with Crippen LogP contribution in [-0.4, -0.2) is 16.0 Å². The summed E-state index contributed by atoms with van der Waals surface area (Å²) >= 11 is 0. The fourth-order valence-corrected chi connectivity index (χ4v) is 1.87. The van der Waals surface area contributed by atoms with E-state index in [0.29, 0.717) is 12.1 Å². The molecule has 0 saturated heterocycles. The molecule has 1 aromatic carbocycles. The number of carbonyl (C=O) groups excluding carboxylic acids is 1. The second-order valence-corrected chi connectivity index (χ2v) is 4.46. The van der Waals surface area contributed by atoms with E-state index in [-0.39, 0.29) is 17.6 Å². The third-order valence-electron chi connectivity index (χ3n) is 2.93. The molecule has 2 rings (SSSR count). The van der Waals surface area contributed by atoms with Gasteiger partial charge in [-0.2, -0.15) is 0 Å². The highest BCUT2D eigenvalue weighted by Crippen LogP contribution is 2.23. The Balaban J connectivity index is 1.97. The van der Waals surface area contributed by atoms with Gasteiger partial charge in [0.25, 0.3) is 0 Å². The van der Waals surface area contributed by atoms with Crippen molar-refractivity contribution < 1.29 is 9.90 Å². The molecule has 4 nitrogen and oxygen atoms in total. The third kappa shape index (κ3) is 3.55. The van der Waals surface area contributed by atoms with Crippen LogP contribution in [0.25, 0.3) is 0 Å². The summed E-state index contributed by atoms with van der Waals surface area (Å²) in [5, 5.41) is 12.2. The maximum absolute atomic E-state index is 11.9. The van der Waals surface area contributed by atoms with E-state index in [1.807, 2.05) is 37.3 Å². The SMILES string of the molecule is C[C@H](CC(=O)Nc1ccncc1O)c1ccccc1. The minimum atomic E-state index is -0.127. The third-order valence-corrected chi connectivity index (χ3v) is 2.93. The van der Waals surface area contributed by atoms with Gasteiger partial charge in [0.1, 0.15) is 0 Å². The zero-order chi connectivity index (χ0) is 13.7. The molecular formula is C15H16N2O2. The molecule has 1 heterocycles. The van der Waals surface area contributed by atoms with Crippen molar-refractivity contribution in [2.45, 2.75) is 19.3 Å². The first-order valence-corrected chi connectivity index (χ1v) is 6.14. The Hall–Kier alpha value is -2.36. The molecule has 1 atom stereocenters. The molecule has 2 N–H and O–H groups in total. The Morgan fingerprint density at radius 2 is 2.05 bits per heavy atom. The van der Waals surface area contributed by atoms with Gasteiger partial charge in [-0.3, -0.25) is 9.78 Å². The molecule has 2 aromatic rings. The highest BCUT2D eigenvalue weighted by atomic mass is 16.3. The summed E-state index contributed by atoms with van der Waals surface area (Å²) in [5.41, 5.74) is 1.51. The lowest BCUT2D eigenvalue weighted by Gasteiger charge is -2.12. The smallest absolute Gasteiger partial charge is 0.225 e. The van der Waals surface area contributed by atoms with Gasteiger partial charge in [0, 0.05) is 12.6 Å². The fraction of sp³-hybridized carbons (Fsp3) is 0.200. The van der Waals surface area contributed by atoms with E-state index in [2.05, 4.69) is 10.3 Å². The molecule has 19 heavy (non-hydrogen) atoms. The number of nitrogens with one attached hydrogen (secondary N) is 1. The summed E-state index contributed by atoms with van der Waals surface area (Å²) in [5.74, 6) is -0.0220. The number of pyridine rings is 1. The molecule has 0 unspecified atom stereocenters. The Kier molecular flexibility index (Phi) is 4.13. The predicted molar refractivity (Wildman–Crippen MR) is 74.0 cm³/mol. The molecule has 1 amide bonds. The number of aromatic hydroxyl groups is 1. The van der Waals surface area contributed by atoms with Crippen molar-refractivity contribution in [3.63, 3.8) is 0 Å². The van der Waals surface area contributed by atoms with E-state index in [1.54, 1.807) is 6.07 Å². The quantitative estimate of drug-likeness (QED) is 0.884. The van der Waals surface area contributed by atoms with Crippen molar-refractivity contribution in [1.29, 1.82) is 0 Å². The van der Waals surface area contributed by atoms with Crippen molar-refractivity contribution in [2.75, 3.05) is 5.32 Å². The number of nitrogens with zero attached hydrogens (tertiary/aromatic N) is 1. The van der Waals surface area contributed by atoms with Crippen LogP contribution in [-0.2, 0) is 4.79 Å². The summed E-state index contributed by atoms with van der Waals surface area (Å²) in [7, 11) is 0. The van der Waals surface area contributed by atoms with Gasteiger partial charge in [0.2, 0.25) is 5.91 Å². The van der Waals surface area contributed by atoms with Crippen LogP contribution in [0.3, 0.4) is 0 Å². The zero-order valence-corrected chi connectivity index (χ0v) is 10.7. The number of anilines is 1. The van der Waals surface area contributed by atoms with Crippen LogP contribution in [0, 0.1) is 0 Å². The van der Waals surface area contributed by atoms with Crippen molar-refractivity contribution in [3.8, 4) is 5.75 Å². The summed E-state index contributed by atoms with van der Waals surface area (Å²) < 4.78 is 0. The molecule has 1 aromatic heterocycles. The molecule has 0 aliphatic carbocycles.